The quantitative estimate of drug-likeness (QED) is 0.561. The van der Waals surface area contributed by atoms with Gasteiger partial charge in [-0.15, -0.1) is 0 Å². The number of allylic oxidation sites excluding steroid dienone is 2. The molecule has 0 heteroatoms. The highest BCUT2D eigenvalue weighted by Crippen LogP contribution is 2.51. The van der Waals surface area contributed by atoms with E-state index in [1.54, 1.807) is 0 Å². The van der Waals surface area contributed by atoms with E-state index in [9.17, 15) is 0 Å². The van der Waals surface area contributed by atoms with Gasteiger partial charge in [-0.3, -0.25) is 0 Å². The van der Waals surface area contributed by atoms with Gasteiger partial charge >= 0.3 is 0 Å². The molecule has 0 amide bonds. The van der Waals surface area contributed by atoms with Crippen LogP contribution in [0.25, 0.3) is 0 Å². The minimum Gasteiger partial charge on any atom is -0.0996 e. The Balaban J connectivity index is 1.89. The van der Waals surface area contributed by atoms with E-state index in [0.29, 0.717) is 0 Å². The van der Waals surface area contributed by atoms with E-state index in [2.05, 4.69) is 27.0 Å². The maximum atomic E-state index is 4.19. The topological polar surface area (TPSA) is 0 Å². The molecular formula is C13H20. The van der Waals surface area contributed by atoms with Crippen LogP contribution in [-0.2, 0) is 0 Å². The second kappa shape index (κ2) is 3.01. The summed E-state index contributed by atoms with van der Waals surface area (Å²) < 4.78 is 0. The Morgan fingerprint density at radius 3 is 2.31 bits per heavy atom. The van der Waals surface area contributed by atoms with Crippen LogP contribution in [0.3, 0.4) is 0 Å². The molecule has 0 heterocycles. The van der Waals surface area contributed by atoms with Crippen LogP contribution in [0.15, 0.2) is 24.3 Å². The molecule has 2 aliphatic carbocycles. The Morgan fingerprint density at radius 1 is 1.31 bits per heavy atom. The van der Waals surface area contributed by atoms with Crippen molar-refractivity contribution in [3.63, 3.8) is 0 Å². The molecule has 4 unspecified atom stereocenters. The molecule has 2 aliphatic rings. The molecule has 72 valence electrons. The highest BCUT2D eigenvalue weighted by molar-refractivity contribution is 5.26. The average molecular weight is 176 g/mol. The van der Waals surface area contributed by atoms with E-state index in [-0.39, 0.29) is 0 Å². The van der Waals surface area contributed by atoms with E-state index in [0.717, 1.165) is 23.7 Å². The standard InChI is InChI=1S/C13H20/c1-8-5-9(2)12(6-8)7-13-10(3)11(13)4/h8,11-13H,2-3,5-7H2,1,4H3. The van der Waals surface area contributed by atoms with Gasteiger partial charge in [0.1, 0.15) is 0 Å². The fourth-order valence-electron chi connectivity index (χ4n) is 2.82. The summed E-state index contributed by atoms with van der Waals surface area (Å²) in [4.78, 5) is 0. The van der Waals surface area contributed by atoms with Gasteiger partial charge < -0.3 is 0 Å². The summed E-state index contributed by atoms with van der Waals surface area (Å²) in [7, 11) is 0. The Hall–Kier alpha value is -0.520. The smallest absolute Gasteiger partial charge is 0.0134 e. The van der Waals surface area contributed by atoms with Gasteiger partial charge in [-0.05, 0) is 42.9 Å². The van der Waals surface area contributed by atoms with Crippen LogP contribution in [0.4, 0.5) is 0 Å². The van der Waals surface area contributed by atoms with Crippen molar-refractivity contribution in [3.05, 3.63) is 24.3 Å². The summed E-state index contributed by atoms with van der Waals surface area (Å²) in [5.74, 6) is 3.30. The van der Waals surface area contributed by atoms with Crippen LogP contribution in [0, 0.1) is 23.7 Å². The van der Waals surface area contributed by atoms with Gasteiger partial charge in [0.05, 0.1) is 0 Å². The van der Waals surface area contributed by atoms with Gasteiger partial charge in [-0.25, -0.2) is 0 Å². The second-order valence-electron chi connectivity index (χ2n) is 5.11. The van der Waals surface area contributed by atoms with Crippen LogP contribution in [0.2, 0.25) is 0 Å². The van der Waals surface area contributed by atoms with Gasteiger partial charge in [-0.1, -0.05) is 38.2 Å². The fraction of sp³-hybridized carbons (Fsp3) is 0.692. The van der Waals surface area contributed by atoms with Gasteiger partial charge in [0.2, 0.25) is 0 Å². The SMILES string of the molecule is C=C1CC(C)CC1CC1C(=C)C1C. The first kappa shape index (κ1) is 9.05. The Kier molecular flexibility index (Phi) is 2.09. The Bertz CT molecular complexity index is 249. The molecule has 0 radical (unpaired) electrons. The third-order valence-corrected chi connectivity index (χ3v) is 3.97. The van der Waals surface area contributed by atoms with Crippen LogP contribution in [0.1, 0.15) is 33.1 Å². The molecule has 0 aromatic carbocycles. The summed E-state index contributed by atoms with van der Waals surface area (Å²) in [5, 5.41) is 0. The lowest BCUT2D eigenvalue weighted by molar-refractivity contribution is 0.477. The Morgan fingerprint density at radius 2 is 1.92 bits per heavy atom. The van der Waals surface area contributed by atoms with Crippen molar-refractivity contribution in [2.24, 2.45) is 23.7 Å². The van der Waals surface area contributed by atoms with Crippen LogP contribution >= 0.6 is 0 Å². The van der Waals surface area contributed by atoms with E-state index >= 15 is 0 Å². The molecule has 0 aromatic heterocycles. The third-order valence-electron chi connectivity index (χ3n) is 3.97. The minimum absolute atomic E-state index is 0.795. The summed E-state index contributed by atoms with van der Waals surface area (Å²) in [6, 6.07) is 0. The van der Waals surface area contributed by atoms with Crippen LogP contribution in [0.5, 0.6) is 0 Å². The van der Waals surface area contributed by atoms with E-state index in [1.165, 1.54) is 30.4 Å². The van der Waals surface area contributed by atoms with Gasteiger partial charge in [0.25, 0.3) is 0 Å². The second-order valence-corrected chi connectivity index (χ2v) is 5.11. The lowest BCUT2D eigenvalue weighted by Crippen LogP contribution is -1.98. The van der Waals surface area contributed by atoms with Gasteiger partial charge in [0.15, 0.2) is 0 Å². The van der Waals surface area contributed by atoms with Crippen molar-refractivity contribution in [1.82, 2.24) is 0 Å². The largest absolute Gasteiger partial charge is 0.0996 e. The summed E-state index contributed by atoms with van der Waals surface area (Å²) in [6.45, 7) is 12.9. The summed E-state index contributed by atoms with van der Waals surface area (Å²) in [6.07, 6.45) is 3.97. The summed E-state index contributed by atoms with van der Waals surface area (Å²) >= 11 is 0. The first-order valence-corrected chi connectivity index (χ1v) is 5.46. The van der Waals surface area contributed by atoms with Crippen molar-refractivity contribution in [1.29, 1.82) is 0 Å². The average Bonchev–Trinajstić information content (AvgIpc) is 2.48. The van der Waals surface area contributed by atoms with Gasteiger partial charge in [-0.2, -0.15) is 0 Å². The van der Waals surface area contributed by atoms with Crippen molar-refractivity contribution in [3.8, 4) is 0 Å². The first-order valence-electron chi connectivity index (χ1n) is 5.46. The number of hydrogen-bond donors (Lipinski definition) is 0. The molecule has 0 N–H and O–H groups in total. The monoisotopic (exact) mass is 176 g/mol. The first-order chi connectivity index (χ1) is 6.09. The molecule has 0 nitrogen and oxygen atoms in total. The normalized spacial score (nSPS) is 44.2. The van der Waals surface area contributed by atoms with E-state index in [1.807, 2.05) is 0 Å². The Labute approximate surface area is 81.7 Å². The van der Waals surface area contributed by atoms with Crippen molar-refractivity contribution in [2.45, 2.75) is 33.1 Å². The molecule has 4 atom stereocenters. The third kappa shape index (κ3) is 1.59. The molecule has 0 saturated heterocycles. The maximum Gasteiger partial charge on any atom is -0.0134 e. The zero-order valence-corrected chi connectivity index (χ0v) is 8.84. The maximum absolute atomic E-state index is 4.19. The number of hydrogen-bond acceptors (Lipinski definition) is 0. The van der Waals surface area contributed by atoms with Crippen LogP contribution < -0.4 is 0 Å². The molecule has 0 bridgehead atoms. The molecule has 2 fully saturated rings. The minimum atomic E-state index is 0.795. The zero-order chi connectivity index (χ0) is 9.59. The molecule has 0 spiro atoms. The highest BCUT2D eigenvalue weighted by Gasteiger charge is 2.41. The molecular weight excluding hydrogens is 156 g/mol. The lowest BCUT2D eigenvalue weighted by atomic mass is 9.96. The van der Waals surface area contributed by atoms with Gasteiger partial charge in [0, 0.05) is 0 Å². The summed E-state index contributed by atoms with van der Waals surface area (Å²) in [5.41, 5.74) is 2.98. The number of rotatable bonds is 2. The highest BCUT2D eigenvalue weighted by atomic mass is 14.5. The predicted molar refractivity (Wildman–Crippen MR) is 57.4 cm³/mol. The van der Waals surface area contributed by atoms with E-state index < -0.39 is 0 Å². The molecule has 13 heavy (non-hydrogen) atoms. The lowest BCUT2D eigenvalue weighted by Gasteiger charge is -2.09. The van der Waals surface area contributed by atoms with Crippen LogP contribution in [-0.4, -0.2) is 0 Å². The predicted octanol–water partition coefficient (Wildman–Crippen LogP) is 3.80. The zero-order valence-electron chi connectivity index (χ0n) is 8.84. The van der Waals surface area contributed by atoms with Crippen molar-refractivity contribution in [2.75, 3.05) is 0 Å². The molecule has 0 aromatic rings. The molecule has 0 aliphatic heterocycles. The molecule has 2 saturated carbocycles. The van der Waals surface area contributed by atoms with Crippen molar-refractivity contribution >= 4 is 0 Å². The molecule has 2 rings (SSSR count). The van der Waals surface area contributed by atoms with E-state index in [4.69, 9.17) is 0 Å². The van der Waals surface area contributed by atoms with Crippen molar-refractivity contribution < 1.29 is 0 Å². The fourth-order valence-corrected chi connectivity index (χ4v) is 2.82.